The molecule has 1 heterocycles. The second kappa shape index (κ2) is 9.92. The molecule has 0 unspecified atom stereocenters. The van der Waals surface area contributed by atoms with Gasteiger partial charge in [0.25, 0.3) is 5.56 Å². The van der Waals surface area contributed by atoms with Crippen LogP contribution in [0.4, 0.5) is 4.39 Å². The fourth-order valence-corrected chi connectivity index (χ4v) is 3.41. The van der Waals surface area contributed by atoms with Gasteiger partial charge in [-0.05, 0) is 48.5 Å². The minimum Gasteiger partial charge on any atom is -0.461 e. The molecule has 0 bridgehead atoms. The Balaban J connectivity index is 2.17. The third-order valence-corrected chi connectivity index (χ3v) is 6.19. The number of thiol groups is 1. The van der Waals surface area contributed by atoms with Gasteiger partial charge >= 0.3 is 13.5 Å². The summed E-state index contributed by atoms with van der Waals surface area (Å²) in [5, 5.41) is 4.70. The van der Waals surface area contributed by atoms with Gasteiger partial charge < -0.3 is 9.39 Å². The highest BCUT2D eigenvalue weighted by atomic mass is 32.1. The van der Waals surface area contributed by atoms with Crippen molar-refractivity contribution < 1.29 is 18.6 Å². The highest BCUT2D eigenvalue weighted by molar-refractivity contribution is 7.80. The zero-order chi connectivity index (χ0) is 25.3. The number of ether oxygens (including phenoxy) is 1. The van der Waals surface area contributed by atoms with Crippen molar-refractivity contribution in [1.29, 1.82) is 0 Å². The first kappa shape index (κ1) is 26.0. The Morgan fingerprint density at radius 3 is 2.53 bits per heavy atom. The molecule has 0 N–H and O–H groups in total. The van der Waals surface area contributed by atoms with Gasteiger partial charge in [-0.25, -0.2) is 4.39 Å². The largest absolute Gasteiger partial charge is 0.461 e. The van der Waals surface area contributed by atoms with Crippen LogP contribution in [0.25, 0.3) is 16.5 Å². The van der Waals surface area contributed by atoms with Crippen molar-refractivity contribution in [3.05, 3.63) is 63.8 Å². The lowest BCUT2D eigenvalue weighted by atomic mass is 9.82. The van der Waals surface area contributed by atoms with Crippen molar-refractivity contribution in [2.45, 2.75) is 59.2 Å². The molecule has 1 aromatic heterocycles. The van der Waals surface area contributed by atoms with Gasteiger partial charge in [0.2, 0.25) is 0 Å². The molecule has 0 fully saturated rings. The van der Waals surface area contributed by atoms with Crippen molar-refractivity contribution in [1.82, 2.24) is 9.78 Å². The van der Waals surface area contributed by atoms with E-state index < -0.39 is 22.9 Å². The van der Waals surface area contributed by atoms with Crippen LogP contribution in [-0.2, 0) is 26.2 Å². The van der Waals surface area contributed by atoms with E-state index in [0.29, 0.717) is 27.9 Å². The normalized spacial score (nSPS) is 12.1. The molecular formula is C25H29BFN2O4S. The van der Waals surface area contributed by atoms with Gasteiger partial charge in [0.1, 0.15) is 12.4 Å². The Morgan fingerprint density at radius 1 is 1.21 bits per heavy atom. The lowest BCUT2D eigenvalue weighted by molar-refractivity contribution is -0.142. The molecule has 0 spiro atoms. The molecule has 0 atom stereocenters. The fraction of sp³-hybridized carbons (Fsp3) is 0.400. The topological polar surface area (TPSA) is 70.4 Å². The minimum absolute atomic E-state index is 0.0525. The van der Waals surface area contributed by atoms with Gasteiger partial charge in [-0.15, -0.1) is 0 Å². The number of halogens is 1. The third kappa shape index (κ3) is 5.70. The van der Waals surface area contributed by atoms with E-state index in [9.17, 15) is 9.59 Å². The van der Waals surface area contributed by atoms with Crippen LogP contribution in [0.2, 0.25) is 0 Å². The zero-order valence-electron chi connectivity index (χ0n) is 20.3. The lowest BCUT2D eigenvalue weighted by Gasteiger charge is -2.24. The number of hydrogen-bond donors (Lipinski definition) is 1. The van der Waals surface area contributed by atoms with Crippen molar-refractivity contribution in [2.75, 3.05) is 5.75 Å². The quantitative estimate of drug-likeness (QED) is 0.314. The first-order chi connectivity index (χ1) is 15.8. The summed E-state index contributed by atoms with van der Waals surface area (Å²) < 4.78 is 27.3. The van der Waals surface area contributed by atoms with Gasteiger partial charge in [-0.3, -0.25) is 9.59 Å². The average Bonchev–Trinajstić information content (AvgIpc) is 2.75. The summed E-state index contributed by atoms with van der Waals surface area (Å²) in [7, 11) is 1.54. The number of carbonyl (C=O) groups is 1. The molecule has 9 heteroatoms. The summed E-state index contributed by atoms with van der Waals surface area (Å²) in [5.74, 6) is -0.604. The fourth-order valence-electron chi connectivity index (χ4n) is 3.33. The van der Waals surface area contributed by atoms with Crippen LogP contribution in [0.3, 0.4) is 0 Å². The molecule has 34 heavy (non-hydrogen) atoms. The average molecular weight is 483 g/mol. The van der Waals surface area contributed by atoms with E-state index in [2.05, 4.69) is 17.7 Å². The number of benzene rings is 2. The maximum atomic E-state index is 15.1. The summed E-state index contributed by atoms with van der Waals surface area (Å²) in [6.07, 6.45) is 1.47. The van der Waals surface area contributed by atoms with Gasteiger partial charge in [0.05, 0.1) is 22.9 Å². The van der Waals surface area contributed by atoms with E-state index >= 15 is 4.39 Å². The summed E-state index contributed by atoms with van der Waals surface area (Å²) in [4.78, 5) is 24.9. The standard InChI is InChI=1S/C25H29BFN2O4S/c1-15(30)32-13-18-19(26-33-25(5,6)14-34)8-7-9-21(18)29-23(31)22-16(12-28-29)10-17(11-20(22)27)24(2,3)4/h7-12,34H,13-14H2,1-6H3. The van der Waals surface area contributed by atoms with Crippen molar-refractivity contribution in [3.8, 4) is 5.69 Å². The summed E-state index contributed by atoms with van der Waals surface area (Å²) >= 11 is 4.30. The number of hydrogen-bond acceptors (Lipinski definition) is 6. The summed E-state index contributed by atoms with van der Waals surface area (Å²) in [6.45, 7) is 10.9. The van der Waals surface area contributed by atoms with E-state index in [1.807, 2.05) is 34.6 Å². The minimum atomic E-state index is -0.605. The van der Waals surface area contributed by atoms with Crippen LogP contribution in [0.15, 0.2) is 41.3 Å². The summed E-state index contributed by atoms with van der Waals surface area (Å²) in [6, 6.07) is 8.35. The number of nitrogens with zero attached hydrogens (tertiary/aromatic N) is 2. The van der Waals surface area contributed by atoms with Crippen LogP contribution in [-0.4, -0.2) is 34.6 Å². The molecule has 0 aliphatic heterocycles. The number of esters is 1. The van der Waals surface area contributed by atoms with Crippen molar-refractivity contribution in [2.24, 2.45) is 0 Å². The number of carbonyl (C=O) groups excluding carboxylic acids is 1. The maximum absolute atomic E-state index is 15.1. The lowest BCUT2D eigenvalue weighted by Crippen LogP contribution is -2.35. The molecule has 3 aromatic rings. The van der Waals surface area contributed by atoms with Crippen LogP contribution >= 0.6 is 12.6 Å². The summed E-state index contributed by atoms with van der Waals surface area (Å²) in [5.41, 5.74) is 0.823. The third-order valence-electron chi connectivity index (χ3n) is 5.43. The molecular weight excluding hydrogens is 454 g/mol. The highest BCUT2D eigenvalue weighted by Gasteiger charge is 2.22. The highest BCUT2D eigenvalue weighted by Crippen LogP contribution is 2.27. The van der Waals surface area contributed by atoms with Crippen LogP contribution in [0.1, 0.15) is 52.7 Å². The molecule has 2 aromatic carbocycles. The SMILES string of the molecule is CC(=O)OCc1c([B]OC(C)(C)CS)cccc1-n1ncc2cc(C(C)(C)C)cc(F)c2c1=O. The Labute approximate surface area is 205 Å². The van der Waals surface area contributed by atoms with Gasteiger partial charge in [-0.2, -0.15) is 22.4 Å². The Morgan fingerprint density at radius 2 is 1.91 bits per heavy atom. The number of fused-ring (bicyclic) bond motifs is 1. The molecule has 179 valence electrons. The number of aromatic nitrogens is 2. The molecule has 0 saturated carbocycles. The van der Waals surface area contributed by atoms with Gasteiger partial charge in [0, 0.05) is 23.6 Å². The monoisotopic (exact) mass is 483 g/mol. The van der Waals surface area contributed by atoms with E-state index in [1.54, 1.807) is 31.7 Å². The van der Waals surface area contributed by atoms with E-state index in [4.69, 9.17) is 9.39 Å². The van der Waals surface area contributed by atoms with Crippen LogP contribution < -0.4 is 11.0 Å². The van der Waals surface area contributed by atoms with Gasteiger partial charge in [-0.1, -0.05) is 32.9 Å². The van der Waals surface area contributed by atoms with Crippen molar-refractivity contribution in [3.63, 3.8) is 0 Å². The molecule has 0 saturated heterocycles. The smallest absolute Gasteiger partial charge is 0.331 e. The van der Waals surface area contributed by atoms with Crippen LogP contribution in [0, 0.1) is 5.82 Å². The van der Waals surface area contributed by atoms with E-state index in [-0.39, 0.29) is 17.4 Å². The van der Waals surface area contributed by atoms with E-state index in [1.165, 1.54) is 19.2 Å². The first-order valence-electron chi connectivity index (χ1n) is 10.9. The second-order valence-corrected chi connectivity index (χ2v) is 10.1. The first-order valence-corrected chi connectivity index (χ1v) is 11.6. The molecule has 0 aliphatic carbocycles. The molecule has 1 radical (unpaired) electrons. The van der Waals surface area contributed by atoms with Crippen molar-refractivity contribution >= 4 is 42.3 Å². The predicted octanol–water partition coefficient (Wildman–Crippen LogP) is 3.85. The molecule has 6 nitrogen and oxygen atoms in total. The molecule has 3 rings (SSSR count). The van der Waals surface area contributed by atoms with E-state index in [0.717, 1.165) is 10.2 Å². The van der Waals surface area contributed by atoms with Crippen LogP contribution in [0.5, 0.6) is 0 Å². The predicted molar refractivity (Wildman–Crippen MR) is 136 cm³/mol. The molecule has 0 aliphatic rings. The Bertz CT molecular complexity index is 1280. The Kier molecular flexibility index (Phi) is 7.58. The molecule has 0 amide bonds. The second-order valence-electron chi connectivity index (χ2n) is 9.81. The zero-order valence-corrected chi connectivity index (χ0v) is 21.2. The van der Waals surface area contributed by atoms with Gasteiger partial charge in [0.15, 0.2) is 0 Å². The maximum Gasteiger partial charge on any atom is 0.331 e. The number of rotatable bonds is 7. The Hall–Kier alpha value is -2.65.